The predicted molar refractivity (Wildman–Crippen MR) is 90.6 cm³/mol. The Morgan fingerprint density at radius 1 is 1.21 bits per heavy atom. The quantitative estimate of drug-likeness (QED) is 0.479. The van der Waals surface area contributed by atoms with Crippen LogP contribution in [0.25, 0.3) is 6.08 Å². The molecule has 0 unspecified atom stereocenters. The van der Waals surface area contributed by atoms with E-state index in [1.165, 1.54) is 18.2 Å². The van der Waals surface area contributed by atoms with Gasteiger partial charge in [0.05, 0.1) is 0 Å². The third-order valence-electron chi connectivity index (χ3n) is 3.38. The van der Waals surface area contributed by atoms with E-state index >= 15 is 0 Å². The van der Waals surface area contributed by atoms with Crippen LogP contribution in [0.4, 0.5) is 10.1 Å². The van der Waals surface area contributed by atoms with E-state index in [0.717, 1.165) is 5.69 Å². The highest BCUT2D eigenvalue weighted by atomic mass is 19.1. The molecule has 0 saturated carbocycles. The standard InChI is InChI=1S/C19H17FN2O2/c1-22(2)17-9-7-14(8-10-17)11-16(12-21)19(23)24-13-15-5-3-4-6-18(15)20/h3-11H,13H2,1-2H3/b16-11+. The van der Waals surface area contributed by atoms with Crippen molar-refractivity contribution in [1.29, 1.82) is 5.26 Å². The van der Waals surface area contributed by atoms with Gasteiger partial charge in [-0.3, -0.25) is 0 Å². The van der Waals surface area contributed by atoms with Crippen LogP contribution in [-0.2, 0) is 16.1 Å². The fourth-order valence-corrected chi connectivity index (χ4v) is 2.01. The lowest BCUT2D eigenvalue weighted by Crippen LogP contribution is -2.08. The van der Waals surface area contributed by atoms with E-state index in [9.17, 15) is 9.18 Å². The highest BCUT2D eigenvalue weighted by Crippen LogP contribution is 2.15. The number of anilines is 1. The molecule has 0 bridgehead atoms. The summed E-state index contributed by atoms with van der Waals surface area (Å²) in [6.45, 7) is -0.218. The summed E-state index contributed by atoms with van der Waals surface area (Å²) in [6.07, 6.45) is 1.45. The van der Waals surface area contributed by atoms with Gasteiger partial charge in [-0.25, -0.2) is 9.18 Å². The van der Waals surface area contributed by atoms with Crippen LogP contribution in [0.15, 0.2) is 54.1 Å². The summed E-state index contributed by atoms with van der Waals surface area (Å²) in [5, 5.41) is 9.15. The van der Waals surface area contributed by atoms with Crippen molar-refractivity contribution in [3.05, 3.63) is 71.0 Å². The van der Waals surface area contributed by atoms with Crippen LogP contribution >= 0.6 is 0 Å². The van der Waals surface area contributed by atoms with E-state index in [1.54, 1.807) is 24.3 Å². The molecule has 0 saturated heterocycles. The van der Waals surface area contributed by atoms with Gasteiger partial charge in [-0.05, 0) is 29.8 Å². The largest absolute Gasteiger partial charge is 0.457 e. The number of hydrogen-bond donors (Lipinski definition) is 0. The minimum Gasteiger partial charge on any atom is -0.457 e. The molecule has 2 aromatic rings. The zero-order valence-corrected chi connectivity index (χ0v) is 13.5. The summed E-state index contributed by atoms with van der Waals surface area (Å²) in [4.78, 5) is 13.9. The van der Waals surface area contributed by atoms with E-state index in [-0.39, 0.29) is 17.7 Å². The SMILES string of the molecule is CN(C)c1ccc(/C=C(\C#N)C(=O)OCc2ccccc2F)cc1. The van der Waals surface area contributed by atoms with E-state index in [4.69, 9.17) is 10.00 Å². The molecule has 0 radical (unpaired) electrons. The van der Waals surface area contributed by atoms with Crippen LogP contribution in [-0.4, -0.2) is 20.1 Å². The molecular weight excluding hydrogens is 307 g/mol. The van der Waals surface area contributed by atoms with Crippen molar-refractivity contribution in [2.75, 3.05) is 19.0 Å². The van der Waals surface area contributed by atoms with Crippen molar-refractivity contribution in [2.45, 2.75) is 6.61 Å². The van der Waals surface area contributed by atoms with E-state index in [2.05, 4.69) is 0 Å². The highest BCUT2D eigenvalue weighted by molar-refractivity contribution is 5.97. The van der Waals surface area contributed by atoms with Crippen LogP contribution < -0.4 is 4.90 Å². The van der Waals surface area contributed by atoms with Crippen molar-refractivity contribution in [3.8, 4) is 6.07 Å². The summed E-state index contributed by atoms with van der Waals surface area (Å²) in [6, 6.07) is 15.2. The minimum atomic E-state index is -0.780. The Balaban J connectivity index is 2.08. The Morgan fingerprint density at radius 2 is 1.88 bits per heavy atom. The van der Waals surface area contributed by atoms with Gasteiger partial charge < -0.3 is 9.64 Å². The molecule has 0 aliphatic carbocycles. The van der Waals surface area contributed by atoms with Gasteiger partial charge in [0.1, 0.15) is 24.1 Å². The number of esters is 1. The third-order valence-corrected chi connectivity index (χ3v) is 3.38. The first-order valence-corrected chi connectivity index (χ1v) is 7.31. The van der Waals surface area contributed by atoms with E-state index < -0.39 is 11.8 Å². The molecule has 0 fully saturated rings. The number of ether oxygens (including phenoxy) is 1. The highest BCUT2D eigenvalue weighted by Gasteiger charge is 2.12. The van der Waals surface area contributed by atoms with Gasteiger partial charge >= 0.3 is 5.97 Å². The Morgan fingerprint density at radius 3 is 2.46 bits per heavy atom. The lowest BCUT2D eigenvalue weighted by molar-refractivity contribution is -0.139. The van der Waals surface area contributed by atoms with Crippen molar-refractivity contribution in [3.63, 3.8) is 0 Å². The predicted octanol–water partition coefficient (Wildman–Crippen LogP) is 3.54. The summed E-state index contributed by atoms with van der Waals surface area (Å²) in [5.41, 5.74) is 1.84. The minimum absolute atomic E-state index is 0.135. The zero-order chi connectivity index (χ0) is 17.5. The summed E-state index contributed by atoms with van der Waals surface area (Å²) < 4.78 is 18.5. The number of nitrogens with zero attached hydrogens (tertiary/aromatic N) is 2. The van der Waals surface area contributed by atoms with Gasteiger partial charge in [0.15, 0.2) is 0 Å². The number of benzene rings is 2. The number of rotatable bonds is 5. The normalized spacial score (nSPS) is 10.8. The van der Waals surface area contributed by atoms with E-state index in [0.29, 0.717) is 5.56 Å². The van der Waals surface area contributed by atoms with Crippen LogP contribution in [0, 0.1) is 17.1 Å². The second-order valence-electron chi connectivity index (χ2n) is 5.32. The molecule has 5 heteroatoms. The fourth-order valence-electron chi connectivity index (χ4n) is 2.01. The van der Waals surface area contributed by atoms with Crippen molar-refractivity contribution in [1.82, 2.24) is 0 Å². The lowest BCUT2D eigenvalue weighted by Gasteiger charge is -2.11. The molecule has 0 aliphatic rings. The first-order valence-electron chi connectivity index (χ1n) is 7.31. The number of carbonyl (C=O) groups is 1. The first-order chi connectivity index (χ1) is 11.5. The van der Waals surface area contributed by atoms with Crippen molar-refractivity contribution >= 4 is 17.7 Å². The zero-order valence-electron chi connectivity index (χ0n) is 13.5. The van der Waals surface area contributed by atoms with Gasteiger partial charge in [0.2, 0.25) is 0 Å². The Hall–Kier alpha value is -3.13. The van der Waals surface area contributed by atoms with Crippen molar-refractivity contribution < 1.29 is 13.9 Å². The van der Waals surface area contributed by atoms with Gasteiger partial charge in [0.25, 0.3) is 0 Å². The molecule has 0 atom stereocenters. The maximum absolute atomic E-state index is 13.5. The summed E-state index contributed by atoms with van der Waals surface area (Å²) >= 11 is 0. The number of carbonyl (C=O) groups excluding carboxylic acids is 1. The molecule has 0 spiro atoms. The first kappa shape index (κ1) is 17.2. The molecule has 4 nitrogen and oxygen atoms in total. The summed E-state index contributed by atoms with van der Waals surface area (Å²) in [7, 11) is 3.84. The lowest BCUT2D eigenvalue weighted by atomic mass is 10.1. The third kappa shape index (κ3) is 4.43. The molecule has 0 N–H and O–H groups in total. The number of nitriles is 1. The Labute approximate surface area is 140 Å². The summed E-state index contributed by atoms with van der Waals surface area (Å²) in [5.74, 6) is -1.23. The second kappa shape index (κ2) is 7.93. The number of halogens is 1. The van der Waals surface area contributed by atoms with Gasteiger partial charge in [-0.1, -0.05) is 30.3 Å². The Bertz CT molecular complexity index is 790. The fraction of sp³-hybridized carbons (Fsp3) is 0.158. The van der Waals surface area contributed by atoms with E-state index in [1.807, 2.05) is 37.2 Å². The average molecular weight is 324 g/mol. The van der Waals surface area contributed by atoms with Gasteiger partial charge in [0, 0.05) is 25.3 Å². The van der Waals surface area contributed by atoms with Crippen LogP contribution in [0.2, 0.25) is 0 Å². The molecule has 0 heterocycles. The smallest absolute Gasteiger partial charge is 0.349 e. The molecule has 0 aromatic heterocycles. The topological polar surface area (TPSA) is 53.3 Å². The molecular formula is C19H17FN2O2. The average Bonchev–Trinajstić information content (AvgIpc) is 2.59. The monoisotopic (exact) mass is 324 g/mol. The van der Waals surface area contributed by atoms with Crippen LogP contribution in [0.1, 0.15) is 11.1 Å². The maximum Gasteiger partial charge on any atom is 0.349 e. The van der Waals surface area contributed by atoms with Crippen LogP contribution in [0.3, 0.4) is 0 Å². The van der Waals surface area contributed by atoms with Crippen molar-refractivity contribution in [2.24, 2.45) is 0 Å². The number of hydrogen-bond acceptors (Lipinski definition) is 4. The maximum atomic E-state index is 13.5. The molecule has 0 aliphatic heterocycles. The molecule has 2 aromatic carbocycles. The Kier molecular flexibility index (Phi) is 5.69. The molecule has 2 rings (SSSR count). The van der Waals surface area contributed by atoms with Crippen LogP contribution in [0.5, 0.6) is 0 Å². The molecule has 122 valence electrons. The van der Waals surface area contributed by atoms with Gasteiger partial charge in [-0.15, -0.1) is 0 Å². The second-order valence-corrected chi connectivity index (χ2v) is 5.32. The van der Waals surface area contributed by atoms with Gasteiger partial charge in [-0.2, -0.15) is 5.26 Å². The molecule has 0 amide bonds. The molecule has 24 heavy (non-hydrogen) atoms.